The van der Waals surface area contributed by atoms with E-state index in [1.165, 1.54) is 43.5 Å². The number of nitrogens with zero attached hydrogens (tertiary/aromatic N) is 3. The first-order valence-corrected chi connectivity index (χ1v) is 15.3. The predicted molar refractivity (Wildman–Crippen MR) is 167 cm³/mol. The van der Waals surface area contributed by atoms with Crippen LogP contribution in [0.2, 0.25) is 5.02 Å². The van der Waals surface area contributed by atoms with Gasteiger partial charge in [-0.2, -0.15) is 0 Å². The van der Waals surface area contributed by atoms with E-state index in [0.717, 1.165) is 48.9 Å². The predicted octanol–water partition coefficient (Wildman–Crippen LogP) is 5.94. The van der Waals surface area contributed by atoms with Gasteiger partial charge in [-0.25, -0.2) is 4.79 Å². The van der Waals surface area contributed by atoms with Gasteiger partial charge in [0, 0.05) is 49.0 Å². The number of likely N-dealkylation sites (tertiary alicyclic amines) is 1. The molecule has 220 valence electrons. The van der Waals surface area contributed by atoms with Gasteiger partial charge < -0.3 is 20.3 Å². The van der Waals surface area contributed by atoms with Gasteiger partial charge in [0.2, 0.25) is 0 Å². The number of carbonyl (C=O) groups is 1. The third kappa shape index (κ3) is 11.0. The minimum absolute atomic E-state index is 0.144. The number of carbonyl (C=O) groups excluding carboxylic acids is 1. The van der Waals surface area contributed by atoms with Crippen LogP contribution in [0.3, 0.4) is 0 Å². The normalized spacial score (nSPS) is 14.5. The maximum absolute atomic E-state index is 12.2. The van der Waals surface area contributed by atoms with Gasteiger partial charge in [0.05, 0.1) is 6.61 Å². The number of aromatic nitrogens is 1. The van der Waals surface area contributed by atoms with Gasteiger partial charge in [0.25, 0.3) is 0 Å². The first-order valence-electron chi connectivity index (χ1n) is 14.9. The molecule has 1 aliphatic heterocycles. The molecule has 0 radical (unpaired) electrons. The molecule has 2 aromatic carbocycles. The lowest BCUT2D eigenvalue weighted by atomic mass is 9.92. The van der Waals surface area contributed by atoms with E-state index in [2.05, 4.69) is 68.9 Å². The van der Waals surface area contributed by atoms with Crippen molar-refractivity contribution in [3.05, 3.63) is 94.8 Å². The summed E-state index contributed by atoms with van der Waals surface area (Å²) in [6.45, 7) is 6.73. The van der Waals surface area contributed by atoms with Crippen molar-refractivity contribution >= 4 is 17.6 Å². The Morgan fingerprint density at radius 3 is 2.59 bits per heavy atom. The molecule has 2 N–H and O–H groups in total. The van der Waals surface area contributed by atoms with Crippen LogP contribution in [0.1, 0.15) is 54.8 Å². The molecule has 0 spiro atoms. The molecule has 0 saturated carbocycles. The molecule has 1 unspecified atom stereocenters. The zero-order valence-electron chi connectivity index (χ0n) is 24.2. The van der Waals surface area contributed by atoms with Gasteiger partial charge in [0.15, 0.2) is 0 Å². The number of piperidine rings is 1. The Bertz CT molecular complexity index is 1170. The van der Waals surface area contributed by atoms with Gasteiger partial charge in [-0.1, -0.05) is 48.4 Å². The largest absolute Gasteiger partial charge is 0.494 e. The minimum Gasteiger partial charge on any atom is -0.494 e. The van der Waals surface area contributed by atoms with Gasteiger partial charge in [0.1, 0.15) is 5.75 Å². The Balaban J connectivity index is 1.09. The summed E-state index contributed by atoms with van der Waals surface area (Å²) in [6.07, 6.45) is 7.46. The lowest BCUT2D eigenvalue weighted by Crippen LogP contribution is -2.40. The summed E-state index contributed by atoms with van der Waals surface area (Å²) < 4.78 is 5.94. The second-order valence-electron chi connectivity index (χ2n) is 10.8. The minimum atomic E-state index is -0.144. The number of hydrogen-bond donors (Lipinski definition) is 2. The fourth-order valence-electron chi connectivity index (χ4n) is 5.22. The molecular formula is C33H44ClN5O2. The number of ether oxygens (including phenoxy) is 1. The summed E-state index contributed by atoms with van der Waals surface area (Å²) >= 11 is 6.11. The van der Waals surface area contributed by atoms with Crippen LogP contribution in [0, 0.1) is 0 Å². The monoisotopic (exact) mass is 577 g/mol. The molecule has 4 rings (SSSR count). The van der Waals surface area contributed by atoms with E-state index in [1.54, 1.807) is 0 Å². The van der Waals surface area contributed by atoms with Crippen molar-refractivity contribution < 1.29 is 9.53 Å². The molecule has 41 heavy (non-hydrogen) atoms. The van der Waals surface area contributed by atoms with Gasteiger partial charge in [-0.05, 0) is 99.9 Å². The molecule has 1 aliphatic rings. The average Bonchev–Trinajstić information content (AvgIpc) is 2.99. The number of pyridine rings is 1. The lowest BCUT2D eigenvalue weighted by molar-refractivity contribution is 0.220. The topological polar surface area (TPSA) is 69.7 Å². The Morgan fingerprint density at radius 1 is 1.00 bits per heavy atom. The summed E-state index contributed by atoms with van der Waals surface area (Å²) in [4.78, 5) is 21.6. The van der Waals surface area contributed by atoms with Crippen molar-refractivity contribution in [2.24, 2.45) is 0 Å². The molecule has 2 heterocycles. The quantitative estimate of drug-likeness (QED) is 0.219. The zero-order chi connectivity index (χ0) is 28.7. The second kappa shape index (κ2) is 17.0. The molecule has 0 bridgehead atoms. The Labute approximate surface area is 250 Å². The standard InChI is InChI=1S/C33H44ClN5O2/c1-38(22-16-31(32-11-3-4-17-35-32)28-12-14-29(34)15-13-28)23-19-37-33(40)36-18-8-24-41-30-10-7-9-27(25-30)26-39-20-5-2-6-21-39/h3-4,7,9-15,17,25,31H,2,5-6,8,16,18-24,26H2,1H3,(H2,36,37,40). The Morgan fingerprint density at radius 2 is 1.80 bits per heavy atom. The molecule has 1 fully saturated rings. The highest BCUT2D eigenvalue weighted by Gasteiger charge is 2.16. The zero-order valence-corrected chi connectivity index (χ0v) is 25.0. The maximum Gasteiger partial charge on any atom is 0.314 e. The number of rotatable bonds is 15. The van der Waals surface area contributed by atoms with E-state index in [0.29, 0.717) is 19.7 Å². The van der Waals surface area contributed by atoms with Crippen molar-refractivity contribution in [1.29, 1.82) is 0 Å². The summed E-state index contributed by atoms with van der Waals surface area (Å²) in [5, 5.41) is 6.63. The smallest absolute Gasteiger partial charge is 0.314 e. The van der Waals surface area contributed by atoms with Crippen LogP contribution < -0.4 is 15.4 Å². The van der Waals surface area contributed by atoms with Crippen LogP contribution in [0.5, 0.6) is 5.75 Å². The number of likely N-dealkylation sites (N-methyl/N-ethyl adjacent to an activating group) is 1. The molecule has 0 aliphatic carbocycles. The van der Waals surface area contributed by atoms with Crippen molar-refractivity contribution in [1.82, 2.24) is 25.4 Å². The lowest BCUT2D eigenvalue weighted by Gasteiger charge is -2.26. The first-order chi connectivity index (χ1) is 20.1. The first kappa shape index (κ1) is 30.8. The summed E-state index contributed by atoms with van der Waals surface area (Å²) in [5.41, 5.74) is 3.55. The van der Waals surface area contributed by atoms with E-state index in [1.807, 2.05) is 36.5 Å². The molecule has 2 amide bonds. The second-order valence-corrected chi connectivity index (χ2v) is 11.3. The van der Waals surface area contributed by atoms with Gasteiger partial charge in [-0.15, -0.1) is 0 Å². The highest BCUT2D eigenvalue weighted by Crippen LogP contribution is 2.27. The number of benzene rings is 2. The highest BCUT2D eigenvalue weighted by molar-refractivity contribution is 6.30. The maximum atomic E-state index is 12.2. The number of amides is 2. The van der Waals surface area contributed by atoms with Crippen molar-refractivity contribution in [3.63, 3.8) is 0 Å². The number of hydrogen-bond acceptors (Lipinski definition) is 5. The van der Waals surface area contributed by atoms with Crippen LogP contribution in [0.15, 0.2) is 72.9 Å². The molecular weight excluding hydrogens is 534 g/mol. The van der Waals surface area contributed by atoms with Crippen molar-refractivity contribution in [2.45, 2.75) is 44.6 Å². The fourth-order valence-corrected chi connectivity index (χ4v) is 5.35. The summed E-state index contributed by atoms with van der Waals surface area (Å²) in [6, 6.07) is 22.3. The van der Waals surface area contributed by atoms with Crippen LogP contribution >= 0.6 is 11.6 Å². The summed E-state index contributed by atoms with van der Waals surface area (Å²) in [5.74, 6) is 1.08. The SMILES string of the molecule is CN(CCNC(=O)NCCCOc1cccc(CN2CCCCC2)c1)CCC(c1ccc(Cl)cc1)c1ccccn1. The summed E-state index contributed by atoms with van der Waals surface area (Å²) in [7, 11) is 2.08. The van der Waals surface area contributed by atoms with E-state index >= 15 is 0 Å². The van der Waals surface area contributed by atoms with Gasteiger partial charge >= 0.3 is 6.03 Å². The fraction of sp³-hybridized carbons (Fsp3) is 0.455. The van der Waals surface area contributed by atoms with Crippen LogP contribution in [0.4, 0.5) is 4.79 Å². The van der Waals surface area contributed by atoms with Crippen molar-refractivity contribution in [3.8, 4) is 5.75 Å². The molecule has 1 saturated heterocycles. The molecule has 7 nitrogen and oxygen atoms in total. The number of halogens is 1. The van der Waals surface area contributed by atoms with Crippen LogP contribution in [-0.2, 0) is 6.54 Å². The number of nitrogens with one attached hydrogen (secondary N) is 2. The molecule has 1 atom stereocenters. The molecule has 3 aromatic rings. The molecule has 1 aromatic heterocycles. The number of urea groups is 1. The van der Waals surface area contributed by atoms with E-state index in [9.17, 15) is 4.79 Å². The Hall–Kier alpha value is -3.13. The van der Waals surface area contributed by atoms with Gasteiger partial charge in [-0.3, -0.25) is 9.88 Å². The van der Waals surface area contributed by atoms with Crippen LogP contribution in [-0.4, -0.2) is 73.7 Å². The van der Waals surface area contributed by atoms with Crippen molar-refractivity contribution in [2.75, 3.05) is 52.9 Å². The molecule has 8 heteroatoms. The third-order valence-electron chi connectivity index (χ3n) is 7.52. The third-order valence-corrected chi connectivity index (χ3v) is 7.78. The van der Waals surface area contributed by atoms with E-state index in [-0.39, 0.29) is 11.9 Å². The average molecular weight is 578 g/mol. The highest BCUT2D eigenvalue weighted by atomic mass is 35.5. The Kier molecular flexibility index (Phi) is 12.8. The van der Waals surface area contributed by atoms with E-state index < -0.39 is 0 Å². The van der Waals surface area contributed by atoms with E-state index in [4.69, 9.17) is 16.3 Å². The van der Waals surface area contributed by atoms with Crippen LogP contribution in [0.25, 0.3) is 0 Å².